The summed E-state index contributed by atoms with van der Waals surface area (Å²) in [5.41, 5.74) is 0.719. The average molecular weight is 437 g/mol. The van der Waals surface area contributed by atoms with E-state index in [1.807, 2.05) is 0 Å². The molecule has 1 fully saturated rings. The van der Waals surface area contributed by atoms with Crippen molar-refractivity contribution in [1.82, 2.24) is 0 Å². The summed E-state index contributed by atoms with van der Waals surface area (Å²) in [6.07, 6.45) is 1.15. The first kappa shape index (κ1) is 25.1. The second-order valence-electron chi connectivity index (χ2n) is 10.5. The van der Waals surface area contributed by atoms with Gasteiger partial charge in [0.05, 0.1) is 19.3 Å². The molecule has 6 heteroatoms. The van der Waals surface area contributed by atoms with Crippen molar-refractivity contribution in [2.75, 3.05) is 7.11 Å². The first-order chi connectivity index (χ1) is 13.8. The van der Waals surface area contributed by atoms with Gasteiger partial charge in [-0.15, -0.1) is 0 Å². The minimum Gasteiger partial charge on any atom is -0.497 e. The Hall–Kier alpha value is -1.21. The largest absolute Gasteiger partial charge is 0.497 e. The molecule has 30 heavy (non-hydrogen) atoms. The van der Waals surface area contributed by atoms with Crippen molar-refractivity contribution >= 4 is 14.3 Å². The number of aliphatic hydroxyl groups excluding tert-OH is 1. The number of hydrogen-bond acceptors (Lipinski definition) is 5. The summed E-state index contributed by atoms with van der Waals surface area (Å²) in [5.74, 6) is 0.745. The van der Waals surface area contributed by atoms with Crippen LogP contribution in [0.1, 0.15) is 85.8 Å². The smallest absolute Gasteiger partial charge is 0.349 e. The number of carbonyl (C=O) groups is 1. The van der Waals surface area contributed by atoms with E-state index in [2.05, 4.69) is 48.5 Å². The van der Waals surface area contributed by atoms with Gasteiger partial charge in [-0.3, -0.25) is 4.79 Å². The molecule has 1 aliphatic rings. The van der Waals surface area contributed by atoms with Crippen molar-refractivity contribution in [2.45, 2.75) is 103 Å². The first-order valence-electron chi connectivity index (χ1n) is 11.0. The predicted octanol–water partition coefficient (Wildman–Crippen LogP) is 5.70. The zero-order chi connectivity index (χ0) is 22.7. The molecule has 0 aliphatic carbocycles. The monoisotopic (exact) mass is 436 g/mol. The Bertz CT molecular complexity index is 688. The number of methoxy groups -OCH3 is 1. The Balaban J connectivity index is 2.12. The van der Waals surface area contributed by atoms with E-state index in [1.54, 1.807) is 31.4 Å². The lowest BCUT2D eigenvalue weighted by molar-refractivity contribution is -0.124. The van der Waals surface area contributed by atoms with Crippen molar-refractivity contribution < 1.29 is 23.5 Å². The third kappa shape index (κ3) is 5.52. The summed E-state index contributed by atoms with van der Waals surface area (Å²) in [7, 11) is -1.04. The van der Waals surface area contributed by atoms with Crippen LogP contribution >= 0.6 is 0 Å². The molecule has 1 aromatic carbocycles. The molecule has 1 aromatic rings. The van der Waals surface area contributed by atoms with Gasteiger partial charge in [0, 0.05) is 29.0 Å². The molecule has 3 atom stereocenters. The highest BCUT2D eigenvalue weighted by Crippen LogP contribution is 2.55. The van der Waals surface area contributed by atoms with Gasteiger partial charge in [0.1, 0.15) is 11.5 Å². The quantitative estimate of drug-likeness (QED) is 0.555. The fourth-order valence-electron chi connectivity index (χ4n) is 4.59. The minimum absolute atomic E-state index is 0.0192. The molecule has 0 unspecified atom stereocenters. The van der Waals surface area contributed by atoms with E-state index in [-0.39, 0.29) is 34.5 Å². The third-order valence-corrected chi connectivity index (χ3v) is 11.3. The predicted molar refractivity (Wildman–Crippen MR) is 122 cm³/mol. The molecule has 1 aliphatic heterocycles. The highest BCUT2D eigenvalue weighted by Gasteiger charge is 2.61. The molecule has 0 saturated carbocycles. The van der Waals surface area contributed by atoms with Crippen LogP contribution in [0.15, 0.2) is 24.3 Å². The second-order valence-corrected chi connectivity index (χ2v) is 15.2. The molecule has 0 aromatic heterocycles. The number of hydrogen-bond donors (Lipinski definition) is 1. The molecular weight excluding hydrogens is 396 g/mol. The SMILES string of the molecule is CC[C@@H]1C[C@H](CC(=O)C[C@H](O)c2ccc(OC)cc2)O[Si](C(C)(C)C)(C(C)(C)C)O1. The second kappa shape index (κ2) is 9.51. The highest BCUT2D eigenvalue weighted by atomic mass is 28.4. The Morgan fingerprint density at radius 1 is 1.10 bits per heavy atom. The van der Waals surface area contributed by atoms with Crippen LogP contribution in [0.4, 0.5) is 0 Å². The molecule has 170 valence electrons. The molecular formula is C24H40O5Si. The fourth-order valence-corrected chi connectivity index (χ4v) is 9.69. The molecule has 1 N–H and O–H groups in total. The van der Waals surface area contributed by atoms with Crippen LogP contribution in [-0.2, 0) is 13.6 Å². The van der Waals surface area contributed by atoms with Gasteiger partial charge in [-0.25, -0.2) is 0 Å². The third-order valence-electron chi connectivity index (χ3n) is 6.00. The fraction of sp³-hybridized carbons (Fsp3) is 0.708. The molecule has 1 heterocycles. The van der Waals surface area contributed by atoms with Crippen molar-refractivity contribution in [3.63, 3.8) is 0 Å². The summed E-state index contributed by atoms with van der Waals surface area (Å²) in [6, 6.07) is 7.18. The Morgan fingerprint density at radius 2 is 1.63 bits per heavy atom. The maximum Gasteiger partial charge on any atom is 0.349 e. The molecule has 0 bridgehead atoms. The van der Waals surface area contributed by atoms with Gasteiger partial charge in [0.25, 0.3) is 0 Å². The van der Waals surface area contributed by atoms with E-state index < -0.39 is 14.7 Å². The highest BCUT2D eigenvalue weighted by molar-refractivity contribution is 6.73. The van der Waals surface area contributed by atoms with Gasteiger partial charge < -0.3 is 18.7 Å². The first-order valence-corrected chi connectivity index (χ1v) is 12.8. The summed E-state index contributed by atoms with van der Waals surface area (Å²) in [6.45, 7) is 15.3. The molecule has 0 amide bonds. The number of rotatable bonds is 7. The van der Waals surface area contributed by atoms with Gasteiger partial charge in [-0.2, -0.15) is 0 Å². The Labute approximate surface area is 183 Å². The number of ketones is 1. The maximum absolute atomic E-state index is 12.8. The van der Waals surface area contributed by atoms with E-state index in [9.17, 15) is 9.90 Å². The summed E-state index contributed by atoms with van der Waals surface area (Å²) < 4.78 is 18.6. The average Bonchev–Trinajstić information content (AvgIpc) is 2.65. The van der Waals surface area contributed by atoms with Crippen LogP contribution in [0.5, 0.6) is 5.75 Å². The van der Waals surface area contributed by atoms with Crippen molar-refractivity contribution in [2.24, 2.45) is 0 Å². The van der Waals surface area contributed by atoms with Gasteiger partial charge >= 0.3 is 8.56 Å². The van der Waals surface area contributed by atoms with Crippen LogP contribution in [0.2, 0.25) is 10.1 Å². The van der Waals surface area contributed by atoms with Gasteiger partial charge in [-0.1, -0.05) is 60.6 Å². The van der Waals surface area contributed by atoms with E-state index in [1.165, 1.54) is 0 Å². The number of carbonyl (C=O) groups excluding carboxylic acids is 1. The van der Waals surface area contributed by atoms with Gasteiger partial charge in [0.2, 0.25) is 0 Å². The van der Waals surface area contributed by atoms with Crippen LogP contribution < -0.4 is 4.74 Å². The maximum atomic E-state index is 12.8. The topological polar surface area (TPSA) is 65.0 Å². The normalized spacial score (nSPS) is 23.1. The minimum atomic E-state index is -2.64. The molecule has 1 saturated heterocycles. The summed E-state index contributed by atoms with van der Waals surface area (Å²) >= 11 is 0. The number of benzene rings is 1. The number of Topliss-reactive ketones (excluding diaryl/α,β-unsaturated/α-hetero) is 1. The van der Waals surface area contributed by atoms with E-state index in [4.69, 9.17) is 13.6 Å². The van der Waals surface area contributed by atoms with Crippen LogP contribution in [0.3, 0.4) is 0 Å². The Kier molecular flexibility index (Phi) is 7.94. The number of aliphatic hydroxyl groups is 1. The zero-order valence-electron chi connectivity index (χ0n) is 20.0. The van der Waals surface area contributed by atoms with E-state index in [0.717, 1.165) is 24.2 Å². The standard InChI is InChI=1S/C24H40O5Si/c1-9-19-16-21(29-30(28-19,23(2,3)4)24(5,6)7)14-18(25)15-22(26)17-10-12-20(27-8)13-11-17/h10-13,19,21-22,26H,9,14-16H2,1-8H3/t19-,21+,22+/m1/s1. The molecule has 0 radical (unpaired) electrons. The van der Waals surface area contributed by atoms with Crippen LogP contribution in [-0.4, -0.2) is 38.8 Å². The van der Waals surface area contributed by atoms with Crippen molar-refractivity contribution in [1.29, 1.82) is 0 Å². The molecule has 0 spiro atoms. The lowest BCUT2D eigenvalue weighted by Crippen LogP contribution is -2.63. The zero-order valence-corrected chi connectivity index (χ0v) is 21.0. The van der Waals surface area contributed by atoms with Gasteiger partial charge in [0.15, 0.2) is 0 Å². The Morgan fingerprint density at radius 3 is 2.10 bits per heavy atom. The lowest BCUT2D eigenvalue weighted by atomic mass is 9.99. The lowest BCUT2D eigenvalue weighted by Gasteiger charge is -2.55. The number of ether oxygens (including phenoxy) is 1. The molecule has 2 rings (SSSR count). The van der Waals surface area contributed by atoms with Crippen LogP contribution in [0, 0.1) is 0 Å². The van der Waals surface area contributed by atoms with Gasteiger partial charge in [-0.05, 0) is 30.5 Å². The van der Waals surface area contributed by atoms with Crippen LogP contribution in [0.25, 0.3) is 0 Å². The summed E-state index contributed by atoms with van der Waals surface area (Å²) in [4.78, 5) is 12.8. The van der Waals surface area contributed by atoms with E-state index >= 15 is 0 Å². The van der Waals surface area contributed by atoms with Crippen molar-refractivity contribution in [3.8, 4) is 5.75 Å². The van der Waals surface area contributed by atoms with E-state index in [0.29, 0.717) is 6.42 Å². The van der Waals surface area contributed by atoms with Crippen molar-refractivity contribution in [3.05, 3.63) is 29.8 Å². The molecule has 5 nitrogen and oxygen atoms in total. The summed E-state index contributed by atoms with van der Waals surface area (Å²) in [5, 5.41) is 10.3.